The van der Waals surface area contributed by atoms with Crippen LogP contribution in [-0.4, -0.2) is 29.5 Å². The molecular weight excluding hydrogens is 198 g/mol. The summed E-state index contributed by atoms with van der Waals surface area (Å²) in [6, 6.07) is 5.07. The maximum absolute atomic E-state index is 5.90. The minimum absolute atomic E-state index is 0.318. The second-order valence-corrected chi connectivity index (χ2v) is 4.78. The summed E-state index contributed by atoms with van der Waals surface area (Å²) in [5.74, 6) is 0.876. The van der Waals surface area contributed by atoms with Crippen LogP contribution < -0.4 is 5.73 Å². The Bertz CT molecular complexity index is 321. The summed E-state index contributed by atoms with van der Waals surface area (Å²) in [6.07, 6.45) is 6.43. The second kappa shape index (κ2) is 4.93. The SMILES string of the molecule is CC(C1CC1)N(C)C(CN)c1ccncc1. The molecule has 0 spiro atoms. The van der Waals surface area contributed by atoms with Crippen molar-refractivity contribution in [2.24, 2.45) is 11.7 Å². The van der Waals surface area contributed by atoms with Crippen molar-refractivity contribution in [3.05, 3.63) is 30.1 Å². The summed E-state index contributed by atoms with van der Waals surface area (Å²) in [6.45, 7) is 2.97. The normalized spacial score (nSPS) is 19.8. The first-order chi connectivity index (χ1) is 7.74. The van der Waals surface area contributed by atoms with Gasteiger partial charge in [-0.05, 0) is 50.4 Å². The van der Waals surface area contributed by atoms with Gasteiger partial charge in [-0.1, -0.05) is 0 Å². The van der Waals surface area contributed by atoms with Crippen molar-refractivity contribution in [1.29, 1.82) is 0 Å². The van der Waals surface area contributed by atoms with Crippen LogP contribution >= 0.6 is 0 Å². The van der Waals surface area contributed by atoms with Gasteiger partial charge in [0.2, 0.25) is 0 Å². The molecule has 2 N–H and O–H groups in total. The van der Waals surface area contributed by atoms with Gasteiger partial charge >= 0.3 is 0 Å². The van der Waals surface area contributed by atoms with E-state index in [9.17, 15) is 0 Å². The van der Waals surface area contributed by atoms with Gasteiger partial charge in [0.25, 0.3) is 0 Å². The Morgan fingerprint density at radius 1 is 1.44 bits per heavy atom. The second-order valence-electron chi connectivity index (χ2n) is 4.78. The maximum Gasteiger partial charge on any atom is 0.0471 e. The summed E-state index contributed by atoms with van der Waals surface area (Å²) in [5.41, 5.74) is 7.17. The van der Waals surface area contributed by atoms with Gasteiger partial charge in [-0.15, -0.1) is 0 Å². The molecule has 3 nitrogen and oxygen atoms in total. The number of likely N-dealkylation sites (N-methyl/N-ethyl adjacent to an activating group) is 1. The molecule has 3 heteroatoms. The summed E-state index contributed by atoms with van der Waals surface area (Å²) >= 11 is 0. The van der Waals surface area contributed by atoms with Crippen LogP contribution in [0.2, 0.25) is 0 Å². The van der Waals surface area contributed by atoms with Crippen molar-refractivity contribution in [2.45, 2.75) is 31.8 Å². The molecule has 0 aromatic carbocycles. The lowest BCUT2D eigenvalue weighted by atomic mass is 10.0. The van der Waals surface area contributed by atoms with Gasteiger partial charge in [-0.2, -0.15) is 0 Å². The molecule has 0 radical (unpaired) electrons. The Morgan fingerprint density at radius 3 is 2.56 bits per heavy atom. The van der Waals surface area contributed by atoms with E-state index in [1.54, 1.807) is 0 Å². The lowest BCUT2D eigenvalue weighted by Gasteiger charge is -2.32. The van der Waals surface area contributed by atoms with Crippen LogP contribution in [0.4, 0.5) is 0 Å². The number of hydrogen-bond acceptors (Lipinski definition) is 3. The lowest BCUT2D eigenvalue weighted by Crippen LogP contribution is -2.38. The predicted molar refractivity (Wildman–Crippen MR) is 66.0 cm³/mol. The molecule has 1 aromatic rings. The molecule has 0 saturated heterocycles. The van der Waals surface area contributed by atoms with Crippen molar-refractivity contribution < 1.29 is 0 Å². The third-order valence-corrected chi connectivity index (χ3v) is 3.75. The molecule has 2 atom stereocenters. The van der Waals surface area contributed by atoms with Crippen molar-refractivity contribution in [2.75, 3.05) is 13.6 Å². The smallest absolute Gasteiger partial charge is 0.0471 e. The van der Waals surface area contributed by atoms with E-state index in [-0.39, 0.29) is 0 Å². The molecule has 1 aromatic heterocycles. The Morgan fingerprint density at radius 2 is 2.06 bits per heavy atom. The summed E-state index contributed by atoms with van der Waals surface area (Å²) in [4.78, 5) is 6.46. The monoisotopic (exact) mass is 219 g/mol. The Hall–Kier alpha value is -0.930. The van der Waals surface area contributed by atoms with Crippen LogP contribution in [0, 0.1) is 5.92 Å². The predicted octanol–water partition coefficient (Wildman–Crippen LogP) is 1.81. The highest BCUT2D eigenvalue weighted by molar-refractivity contribution is 5.16. The minimum atomic E-state index is 0.318. The van der Waals surface area contributed by atoms with Crippen molar-refractivity contribution in [3.8, 4) is 0 Å². The third-order valence-electron chi connectivity index (χ3n) is 3.75. The fourth-order valence-corrected chi connectivity index (χ4v) is 2.32. The molecule has 16 heavy (non-hydrogen) atoms. The minimum Gasteiger partial charge on any atom is -0.329 e. The van der Waals surface area contributed by atoms with E-state index in [0.717, 1.165) is 5.92 Å². The van der Waals surface area contributed by atoms with Crippen molar-refractivity contribution >= 4 is 0 Å². The maximum atomic E-state index is 5.90. The van der Waals surface area contributed by atoms with Gasteiger partial charge in [0.1, 0.15) is 0 Å². The van der Waals surface area contributed by atoms with Crippen molar-refractivity contribution in [3.63, 3.8) is 0 Å². The van der Waals surface area contributed by atoms with Gasteiger partial charge in [0.05, 0.1) is 0 Å². The van der Waals surface area contributed by atoms with Gasteiger partial charge in [0.15, 0.2) is 0 Å². The van der Waals surface area contributed by atoms with E-state index in [1.807, 2.05) is 12.4 Å². The van der Waals surface area contributed by atoms with E-state index in [0.29, 0.717) is 18.6 Å². The number of nitrogens with two attached hydrogens (primary N) is 1. The van der Waals surface area contributed by atoms with Crippen LogP contribution in [0.3, 0.4) is 0 Å². The number of nitrogens with zero attached hydrogens (tertiary/aromatic N) is 2. The first kappa shape index (κ1) is 11.6. The Labute approximate surface area is 97.7 Å². The molecule has 1 saturated carbocycles. The first-order valence-corrected chi connectivity index (χ1v) is 6.06. The van der Waals surface area contributed by atoms with Gasteiger partial charge < -0.3 is 5.73 Å². The van der Waals surface area contributed by atoms with E-state index < -0.39 is 0 Å². The molecule has 2 rings (SSSR count). The Balaban J connectivity index is 2.09. The van der Waals surface area contributed by atoms with E-state index in [1.165, 1.54) is 18.4 Å². The highest BCUT2D eigenvalue weighted by atomic mass is 15.2. The Kier molecular flexibility index (Phi) is 3.56. The quantitative estimate of drug-likeness (QED) is 0.821. The molecule has 0 amide bonds. The standard InChI is InChI=1S/C13H21N3/c1-10(11-3-4-11)16(2)13(9-14)12-5-7-15-8-6-12/h5-8,10-11,13H,3-4,9,14H2,1-2H3. The van der Waals surface area contributed by atoms with Gasteiger partial charge in [-0.25, -0.2) is 0 Å². The zero-order valence-electron chi connectivity index (χ0n) is 10.1. The molecular formula is C13H21N3. The molecule has 1 fully saturated rings. The molecule has 0 aliphatic heterocycles. The van der Waals surface area contributed by atoms with Crippen LogP contribution in [0.1, 0.15) is 31.4 Å². The number of aromatic nitrogens is 1. The van der Waals surface area contributed by atoms with Crippen LogP contribution in [0.15, 0.2) is 24.5 Å². The number of hydrogen-bond donors (Lipinski definition) is 1. The molecule has 1 aliphatic rings. The van der Waals surface area contributed by atoms with Gasteiger partial charge in [0, 0.05) is 31.0 Å². The highest BCUT2D eigenvalue weighted by Crippen LogP contribution is 2.37. The highest BCUT2D eigenvalue weighted by Gasteiger charge is 2.33. The molecule has 1 heterocycles. The molecule has 2 unspecified atom stereocenters. The van der Waals surface area contributed by atoms with E-state index in [2.05, 4.69) is 36.0 Å². The summed E-state index contributed by atoms with van der Waals surface area (Å²) in [5, 5.41) is 0. The topological polar surface area (TPSA) is 42.1 Å². The van der Waals surface area contributed by atoms with E-state index >= 15 is 0 Å². The van der Waals surface area contributed by atoms with Crippen LogP contribution in [0.5, 0.6) is 0 Å². The van der Waals surface area contributed by atoms with Crippen molar-refractivity contribution in [1.82, 2.24) is 9.88 Å². The van der Waals surface area contributed by atoms with Crippen LogP contribution in [0.25, 0.3) is 0 Å². The van der Waals surface area contributed by atoms with Crippen LogP contribution in [-0.2, 0) is 0 Å². The average molecular weight is 219 g/mol. The summed E-state index contributed by atoms with van der Waals surface area (Å²) < 4.78 is 0. The molecule has 88 valence electrons. The number of pyridine rings is 1. The van der Waals surface area contributed by atoms with Gasteiger partial charge in [-0.3, -0.25) is 9.88 Å². The largest absolute Gasteiger partial charge is 0.329 e. The molecule has 0 bridgehead atoms. The summed E-state index contributed by atoms with van der Waals surface area (Å²) in [7, 11) is 2.18. The number of rotatable bonds is 5. The fourth-order valence-electron chi connectivity index (χ4n) is 2.32. The lowest BCUT2D eigenvalue weighted by molar-refractivity contribution is 0.171. The average Bonchev–Trinajstić information content (AvgIpc) is 3.14. The van der Waals surface area contributed by atoms with E-state index in [4.69, 9.17) is 5.73 Å². The fraction of sp³-hybridized carbons (Fsp3) is 0.615. The molecule has 1 aliphatic carbocycles. The zero-order valence-corrected chi connectivity index (χ0v) is 10.1. The first-order valence-electron chi connectivity index (χ1n) is 6.06. The zero-order chi connectivity index (χ0) is 11.5. The third kappa shape index (κ3) is 2.42.